The Balaban J connectivity index is 0.00000156. The molecule has 0 atom stereocenters. The Morgan fingerprint density at radius 3 is 2.76 bits per heavy atom. The van der Waals surface area contributed by atoms with Crippen molar-refractivity contribution in [2.24, 2.45) is 0 Å². The van der Waals surface area contributed by atoms with Crippen LogP contribution in [0, 0.1) is 6.92 Å². The van der Waals surface area contributed by atoms with E-state index in [1.54, 1.807) is 29.3 Å². The number of carboxylic acids is 1. The van der Waals surface area contributed by atoms with Crippen LogP contribution in [0.3, 0.4) is 0 Å². The van der Waals surface area contributed by atoms with Crippen LogP contribution < -0.4 is 46.7 Å². The largest absolute Gasteiger partial charge is 1.00 e. The SMILES string of the molecule is Cc1cnc(-c2cc(OCCn3cncn3)cc(C(=O)O)c2)s1.[Cl-].[Na+]. The van der Waals surface area contributed by atoms with Gasteiger partial charge in [-0.25, -0.2) is 19.4 Å². The number of ether oxygens (including phenoxy) is 1. The standard InChI is InChI=1S/C15H14N4O3S.ClH.Na/c1-10-7-17-14(23-10)11-4-12(15(20)21)6-13(5-11)22-3-2-19-9-16-8-18-19;;/h4-9H,2-3H2,1H3,(H,20,21);1H;/q;;+1/p-1. The first kappa shape index (κ1) is 21.6. The molecule has 0 saturated heterocycles. The Morgan fingerprint density at radius 1 is 1.36 bits per heavy atom. The maximum atomic E-state index is 11.3. The van der Waals surface area contributed by atoms with Crippen LogP contribution in [0.25, 0.3) is 10.6 Å². The fourth-order valence-electron chi connectivity index (χ4n) is 2.02. The smallest absolute Gasteiger partial charge is 1.00 e. The molecule has 2 aromatic heterocycles. The van der Waals surface area contributed by atoms with Gasteiger partial charge in [-0.15, -0.1) is 11.3 Å². The van der Waals surface area contributed by atoms with Gasteiger partial charge in [-0.3, -0.25) is 0 Å². The van der Waals surface area contributed by atoms with Gasteiger partial charge in [0.05, 0.1) is 12.1 Å². The van der Waals surface area contributed by atoms with Crippen LogP contribution in [0.4, 0.5) is 0 Å². The first-order valence-electron chi connectivity index (χ1n) is 6.88. The molecule has 0 amide bonds. The van der Waals surface area contributed by atoms with Crippen molar-refractivity contribution in [1.82, 2.24) is 19.7 Å². The van der Waals surface area contributed by atoms with Gasteiger partial charge in [0, 0.05) is 16.6 Å². The molecule has 10 heteroatoms. The maximum absolute atomic E-state index is 11.3. The molecule has 1 aromatic carbocycles. The minimum Gasteiger partial charge on any atom is -1.00 e. The molecular weight excluding hydrogens is 375 g/mol. The predicted molar refractivity (Wildman–Crippen MR) is 84.8 cm³/mol. The molecule has 0 aliphatic heterocycles. The molecule has 0 unspecified atom stereocenters. The third kappa shape index (κ3) is 5.79. The van der Waals surface area contributed by atoms with Gasteiger partial charge in [-0.05, 0) is 25.1 Å². The summed E-state index contributed by atoms with van der Waals surface area (Å²) in [4.78, 5) is 20.5. The summed E-state index contributed by atoms with van der Waals surface area (Å²) in [6.07, 6.45) is 4.81. The van der Waals surface area contributed by atoms with E-state index in [-0.39, 0.29) is 47.5 Å². The number of halogens is 1. The van der Waals surface area contributed by atoms with Gasteiger partial charge in [0.2, 0.25) is 0 Å². The van der Waals surface area contributed by atoms with Gasteiger partial charge < -0.3 is 22.3 Å². The molecule has 3 aromatic rings. The van der Waals surface area contributed by atoms with Crippen molar-refractivity contribution in [2.75, 3.05) is 6.61 Å². The zero-order valence-corrected chi connectivity index (χ0v) is 17.3. The summed E-state index contributed by atoms with van der Waals surface area (Å²) in [6.45, 7) is 2.85. The van der Waals surface area contributed by atoms with E-state index in [9.17, 15) is 9.90 Å². The third-order valence-corrected chi connectivity index (χ3v) is 4.04. The number of carbonyl (C=O) groups is 1. The fraction of sp³-hybridized carbons (Fsp3) is 0.200. The van der Waals surface area contributed by atoms with E-state index in [2.05, 4.69) is 15.1 Å². The number of thiazole rings is 1. The summed E-state index contributed by atoms with van der Waals surface area (Å²) in [7, 11) is 0. The molecule has 0 spiro atoms. The summed E-state index contributed by atoms with van der Waals surface area (Å²) >= 11 is 1.51. The maximum Gasteiger partial charge on any atom is 1.00 e. The Labute approximate surface area is 176 Å². The van der Waals surface area contributed by atoms with Crippen molar-refractivity contribution in [3.8, 4) is 16.3 Å². The van der Waals surface area contributed by atoms with Gasteiger partial charge in [0.25, 0.3) is 0 Å². The number of aromatic carboxylic acids is 1. The van der Waals surface area contributed by atoms with Crippen LogP contribution in [0.15, 0.2) is 37.1 Å². The Kier molecular flexibility index (Phi) is 8.54. The van der Waals surface area contributed by atoms with Crippen LogP contribution in [0.5, 0.6) is 5.75 Å². The molecule has 25 heavy (non-hydrogen) atoms. The van der Waals surface area contributed by atoms with E-state index >= 15 is 0 Å². The second-order valence-electron chi connectivity index (χ2n) is 4.83. The second kappa shape index (κ2) is 9.88. The summed E-state index contributed by atoms with van der Waals surface area (Å²) < 4.78 is 7.31. The van der Waals surface area contributed by atoms with Crippen molar-refractivity contribution in [2.45, 2.75) is 13.5 Å². The van der Waals surface area contributed by atoms with Crippen LogP contribution in [-0.2, 0) is 6.54 Å². The average Bonchev–Trinajstić information content (AvgIpc) is 3.18. The number of aromatic nitrogens is 4. The number of rotatable bonds is 6. The molecule has 7 nitrogen and oxygen atoms in total. The molecule has 2 heterocycles. The molecule has 0 aliphatic carbocycles. The van der Waals surface area contributed by atoms with Crippen molar-refractivity contribution >= 4 is 17.3 Å². The first-order chi connectivity index (χ1) is 11.1. The molecule has 0 bridgehead atoms. The normalized spacial score (nSPS) is 9.80. The zero-order chi connectivity index (χ0) is 16.2. The van der Waals surface area contributed by atoms with Crippen LogP contribution in [-0.4, -0.2) is 37.4 Å². The molecule has 0 fully saturated rings. The number of hydrogen-bond acceptors (Lipinski definition) is 6. The number of carboxylic acid groups (broad SMARTS) is 1. The van der Waals surface area contributed by atoms with E-state index in [1.165, 1.54) is 23.7 Å². The van der Waals surface area contributed by atoms with Crippen molar-refractivity contribution in [3.05, 3.63) is 47.5 Å². The minimum absolute atomic E-state index is 0. The molecule has 0 radical (unpaired) electrons. The summed E-state index contributed by atoms with van der Waals surface area (Å²) in [5.74, 6) is -0.505. The molecular formula is C15H14ClN4NaO3S. The Bertz CT molecular complexity index is 826. The van der Waals surface area contributed by atoms with E-state index in [4.69, 9.17) is 4.74 Å². The van der Waals surface area contributed by atoms with Crippen LogP contribution in [0.2, 0.25) is 0 Å². The van der Waals surface area contributed by atoms with Gasteiger partial charge in [-0.1, -0.05) is 0 Å². The number of nitrogens with zero attached hydrogens (tertiary/aromatic N) is 4. The van der Waals surface area contributed by atoms with Gasteiger partial charge in [0.1, 0.15) is 30.0 Å². The van der Waals surface area contributed by atoms with Crippen LogP contribution in [0.1, 0.15) is 15.2 Å². The number of benzene rings is 1. The monoisotopic (exact) mass is 388 g/mol. The van der Waals surface area contributed by atoms with Crippen molar-refractivity contribution in [1.29, 1.82) is 0 Å². The molecule has 126 valence electrons. The van der Waals surface area contributed by atoms with E-state index in [1.807, 2.05) is 6.92 Å². The molecule has 0 saturated carbocycles. The predicted octanol–water partition coefficient (Wildman–Crippen LogP) is -3.50. The molecule has 0 aliphatic rings. The topological polar surface area (TPSA) is 90.1 Å². The van der Waals surface area contributed by atoms with E-state index in [0.717, 1.165) is 15.4 Å². The molecule has 3 rings (SSSR count). The average molecular weight is 389 g/mol. The number of aryl methyl sites for hydroxylation is 1. The summed E-state index contributed by atoms with van der Waals surface area (Å²) in [5, 5.41) is 14.0. The quantitative estimate of drug-likeness (QED) is 0.441. The van der Waals surface area contributed by atoms with Gasteiger partial charge in [-0.2, -0.15) is 5.10 Å². The molecule has 1 N–H and O–H groups in total. The van der Waals surface area contributed by atoms with Gasteiger partial charge >= 0.3 is 35.5 Å². The van der Waals surface area contributed by atoms with Gasteiger partial charge in [0.15, 0.2) is 0 Å². The third-order valence-electron chi connectivity index (χ3n) is 3.08. The number of hydrogen-bond donors (Lipinski definition) is 1. The van der Waals surface area contributed by atoms with Crippen molar-refractivity contribution < 1.29 is 56.6 Å². The van der Waals surface area contributed by atoms with E-state index in [0.29, 0.717) is 18.9 Å². The van der Waals surface area contributed by atoms with Crippen molar-refractivity contribution in [3.63, 3.8) is 0 Å². The van der Waals surface area contributed by atoms with E-state index < -0.39 is 5.97 Å². The minimum atomic E-state index is -0.999. The fourth-order valence-corrected chi connectivity index (χ4v) is 2.77. The summed E-state index contributed by atoms with van der Waals surface area (Å²) in [5.41, 5.74) is 0.907. The summed E-state index contributed by atoms with van der Waals surface area (Å²) in [6, 6.07) is 4.91. The first-order valence-corrected chi connectivity index (χ1v) is 7.70. The Hall–Kier alpha value is -1.45. The van der Waals surface area contributed by atoms with Crippen LogP contribution >= 0.6 is 11.3 Å². The second-order valence-corrected chi connectivity index (χ2v) is 6.07. The Morgan fingerprint density at radius 2 is 2.16 bits per heavy atom. The zero-order valence-electron chi connectivity index (χ0n) is 13.7.